The van der Waals surface area contributed by atoms with Gasteiger partial charge in [0.1, 0.15) is 17.2 Å². The second kappa shape index (κ2) is 8.38. The van der Waals surface area contributed by atoms with Crippen molar-refractivity contribution in [3.05, 3.63) is 60.2 Å². The minimum absolute atomic E-state index is 0.133. The molecule has 3 heterocycles. The molecule has 7 heteroatoms. The van der Waals surface area contributed by atoms with Crippen molar-refractivity contribution < 1.29 is 9.18 Å². The molecule has 2 amide bonds. The molecule has 1 aromatic carbocycles. The summed E-state index contributed by atoms with van der Waals surface area (Å²) in [5.74, 6) is 0.576. The van der Waals surface area contributed by atoms with Gasteiger partial charge in [0.05, 0.1) is 17.9 Å². The Morgan fingerprint density at radius 3 is 2.71 bits per heavy atom. The number of aliphatic imine (C=N–C) groups is 1. The first-order valence-corrected chi connectivity index (χ1v) is 11.2. The molecule has 1 atom stereocenters. The minimum atomic E-state index is -0.516. The molecule has 3 aliphatic rings. The van der Waals surface area contributed by atoms with E-state index in [1.54, 1.807) is 12.4 Å². The van der Waals surface area contributed by atoms with Crippen LogP contribution in [-0.4, -0.2) is 46.4 Å². The van der Waals surface area contributed by atoms with Crippen LogP contribution in [0, 0.1) is 5.82 Å². The lowest BCUT2D eigenvalue weighted by Crippen LogP contribution is -2.52. The predicted molar refractivity (Wildman–Crippen MR) is 119 cm³/mol. The van der Waals surface area contributed by atoms with Gasteiger partial charge in [-0.25, -0.2) is 9.18 Å². The third-order valence-corrected chi connectivity index (χ3v) is 6.73. The largest absolute Gasteiger partial charge is 0.328 e. The van der Waals surface area contributed by atoms with E-state index in [9.17, 15) is 9.18 Å². The molecule has 0 bridgehead atoms. The van der Waals surface area contributed by atoms with E-state index in [2.05, 4.69) is 15.2 Å². The second-order valence-electron chi connectivity index (χ2n) is 8.87. The number of halogens is 1. The number of aromatic nitrogens is 1. The topological polar surface area (TPSA) is 60.8 Å². The first-order chi connectivity index (χ1) is 15.1. The lowest BCUT2D eigenvalue weighted by Gasteiger charge is -2.34. The van der Waals surface area contributed by atoms with Gasteiger partial charge in [-0.1, -0.05) is 31.4 Å². The fourth-order valence-corrected chi connectivity index (χ4v) is 5.20. The quantitative estimate of drug-likeness (QED) is 0.808. The maximum Gasteiger partial charge on any atom is 0.328 e. The van der Waals surface area contributed by atoms with E-state index in [1.807, 2.05) is 29.2 Å². The van der Waals surface area contributed by atoms with Gasteiger partial charge in [0, 0.05) is 25.8 Å². The summed E-state index contributed by atoms with van der Waals surface area (Å²) in [6.07, 6.45) is 10.1. The van der Waals surface area contributed by atoms with E-state index in [-0.39, 0.29) is 17.9 Å². The summed E-state index contributed by atoms with van der Waals surface area (Å²) in [6.45, 7) is 2.24. The van der Waals surface area contributed by atoms with Crippen LogP contribution in [0.15, 0.2) is 53.8 Å². The van der Waals surface area contributed by atoms with Crippen LogP contribution in [0.5, 0.6) is 0 Å². The van der Waals surface area contributed by atoms with E-state index >= 15 is 0 Å². The Labute approximate surface area is 182 Å². The molecule has 1 unspecified atom stereocenters. The Balaban J connectivity index is 1.46. The number of nitrogens with one attached hydrogen (secondary N) is 1. The molecule has 1 saturated carbocycles. The number of hydrogen-bond acceptors (Lipinski definition) is 4. The van der Waals surface area contributed by atoms with Crippen molar-refractivity contribution in [3.63, 3.8) is 0 Å². The Bertz CT molecular complexity index is 958. The van der Waals surface area contributed by atoms with Gasteiger partial charge >= 0.3 is 6.03 Å². The van der Waals surface area contributed by atoms with Crippen LogP contribution in [0.25, 0.3) is 0 Å². The molecule has 1 aromatic heterocycles. The van der Waals surface area contributed by atoms with E-state index in [0.717, 1.165) is 42.9 Å². The molecule has 2 saturated heterocycles. The highest BCUT2D eigenvalue weighted by Gasteiger charge is 2.55. The number of pyridine rings is 1. The molecule has 3 fully saturated rings. The summed E-state index contributed by atoms with van der Waals surface area (Å²) in [5.41, 5.74) is 1.34. The van der Waals surface area contributed by atoms with E-state index in [1.165, 1.54) is 31.4 Å². The monoisotopic (exact) mass is 421 g/mol. The predicted octanol–water partition coefficient (Wildman–Crippen LogP) is 4.13. The van der Waals surface area contributed by atoms with Crippen LogP contribution in [0.1, 0.15) is 44.1 Å². The molecule has 1 aliphatic carbocycles. The highest BCUT2D eigenvalue weighted by Crippen LogP contribution is 2.38. The molecular formula is C24H28FN5O. The zero-order valence-corrected chi connectivity index (χ0v) is 17.6. The standard InChI is InChI=1S/C24H28FN5O/c25-19-10-8-18(9-11-19)16-29-14-12-24(17-29)22(27-20-5-2-1-3-6-20)28-23(31)30(24)21-7-4-13-26-15-21/h4,7-11,13,15,20H,1-3,5-6,12,14,16-17H2,(H,27,28,31). The third-order valence-electron chi connectivity index (χ3n) is 6.73. The highest BCUT2D eigenvalue weighted by molar-refractivity contribution is 6.19. The van der Waals surface area contributed by atoms with Crippen LogP contribution < -0.4 is 10.2 Å². The molecule has 0 radical (unpaired) electrons. The summed E-state index contributed by atoms with van der Waals surface area (Å²) < 4.78 is 13.3. The molecular weight excluding hydrogens is 393 g/mol. The molecule has 162 valence electrons. The molecule has 1 spiro atoms. The van der Waals surface area contributed by atoms with Gasteiger partial charge in [0.2, 0.25) is 0 Å². The lowest BCUT2D eigenvalue weighted by molar-refractivity contribution is 0.250. The normalized spacial score (nSPS) is 26.2. The van der Waals surface area contributed by atoms with Gasteiger partial charge in [0.15, 0.2) is 0 Å². The number of carbonyl (C=O) groups is 1. The SMILES string of the molecule is O=C1NC(=NC2CCCCC2)C2(CCN(Cc3ccc(F)cc3)C2)N1c1cccnc1. The number of rotatable bonds is 4. The Kier molecular flexibility index (Phi) is 5.44. The van der Waals surface area contributed by atoms with Crippen LogP contribution in [0.3, 0.4) is 0 Å². The maximum atomic E-state index is 13.3. The van der Waals surface area contributed by atoms with E-state index < -0.39 is 5.54 Å². The van der Waals surface area contributed by atoms with Gasteiger partial charge in [0.25, 0.3) is 0 Å². The Hall–Kier alpha value is -2.80. The zero-order valence-electron chi connectivity index (χ0n) is 17.6. The highest BCUT2D eigenvalue weighted by atomic mass is 19.1. The minimum Gasteiger partial charge on any atom is -0.296 e. The van der Waals surface area contributed by atoms with Crippen molar-refractivity contribution in [2.75, 3.05) is 18.0 Å². The average Bonchev–Trinajstić information content (AvgIpc) is 3.32. The van der Waals surface area contributed by atoms with Gasteiger partial charge in [-0.2, -0.15) is 0 Å². The van der Waals surface area contributed by atoms with Crippen molar-refractivity contribution in [2.24, 2.45) is 4.99 Å². The van der Waals surface area contributed by atoms with Crippen molar-refractivity contribution in [2.45, 2.75) is 56.7 Å². The van der Waals surface area contributed by atoms with Crippen LogP contribution in [0.4, 0.5) is 14.9 Å². The Morgan fingerprint density at radius 2 is 1.97 bits per heavy atom. The maximum absolute atomic E-state index is 13.3. The number of anilines is 1. The molecule has 1 N–H and O–H groups in total. The molecule has 6 nitrogen and oxygen atoms in total. The van der Waals surface area contributed by atoms with Crippen LogP contribution in [-0.2, 0) is 6.54 Å². The van der Waals surface area contributed by atoms with Crippen molar-refractivity contribution in [1.29, 1.82) is 0 Å². The number of urea groups is 1. The van der Waals surface area contributed by atoms with Gasteiger partial charge < -0.3 is 0 Å². The molecule has 5 rings (SSSR count). The smallest absolute Gasteiger partial charge is 0.296 e. The van der Waals surface area contributed by atoms with E-state index in [4.69, 9.17) is 4.99 Å². The Morgan fingerprint density at radius 1 is 1.16 bits per heavy atom. The van der Waals surface area contributed by atoms with Gasteiger partial charge in [-0.3, -0.25) is 25.1 Å². The first-order valence-electron chi connectivity index (χ1n) is 11.2. The van der Waals surface area contributed by atoms with Crippen molar-refractivity contribution in [1.82, 2.24) is 15.2 Å². The summed E-state index contributed by atoms with van der Waals surface area (Å²) in [7, 11) is 0. The van der Waals surface area contributed by atoms with Gasteiger partial charge in [-0.15, -0.1) is 0 Å². The number of amides is 2. The number of likely N-dealkylation sites (tertiary alicyclic amines) is 1. The van der Waals surface area contributed by atoms with Crippen molar-refractivity contribution in [3.8, 4) is 0 Å². The fraction of sp³-hybridized carbons (Fsp3) is 0.458. The number of hydrogen-bond donors (Lipinski definition) is 1. The molecule has 2 aliphatic heterocycles. The fourth-order valence-electron chi connectivity index (χ4n) is 5.20. The summed E-state index contributed by atoms with van der Waals surface area (Å²) in [6, 6.07) is 10.6. The van der Waals surface area contributed by atoms with E-state index in [0.29, 0.717) is 13.1 Å². The molecule has 2 aromatic rings. The number of amidine groups is 1. The summed E-state index contributed by atoms with van der Waals surface area (Å²) in [4.78, 5) is 26.7. The number of nitrogens with zero attached hydrogens (tertiary/aromatic N) is 4. The summed E-state index contributed by atoms with van der Waals surface area (Å²) >= 11 is 0. The third kappa shape index (κ3) is 3.94. The molecule has 31 heavy (non-hydrogen) atoms. The zero-order chi connectivity index (χ0) is 21.3. The number of carbonyl (C=O) groups excluding carboxylic acids is 1. The number of benzene rings is 1. The van der Waals surface area contributed by atoms with Crippen molar-refractivity contribution >= 4 is 17.6 Å². The average molecular weight is 422 g/mol. The van der Waals surface area contributed by atoms with Crippen LogP contribution >= 0.6 is 0 Å². The van der Waals surface area contributed by atoms with Gasteiger partial charge in [-0.05, 0) is 49.1 Å². The van der Waals surface area contributed by atoms with Crippen LogP contribution in [0.2, 0.25) is 0 Å². The lowest BCUT2D eigenvalue weighted by atomic mass is 9.93. The second-order valence-corrected chi connectivity index (χ2v) is 8.87. The first kappa shape index (κ1) is 20.1. The summed E-state index contributed by atoms with van der Waals surface area (Å²) in [5, 5.41) is 3.11.